The topological polar surface area (TPSA) is 96.8 Å². The Morgan fingerprint density at radius 2 is 1.83 bits per heavy atom. The minimum atomic E-state index is -1.05. The first-order chi connectivity index (χ1) is 14.4. The number of rotatable bonds is 3. The van der Waals surface area contributed by atoms with Gasteiger partial charge >= 0.3 is 0 Å². The van der Waals surface area contributed by atoms with Crippen LogP contribution in [0.5, 0.6) is 0 Å². The number of hydrogen-bond acceptors (Lipinski definition) is 5. The van der Waals surface area contributed by atoms with Gasteiger partial charge in [-0.2, -0.15) is 5.10 Å². The molecule has 1 atom stereocenters. The van der Waals surface area contributed by atoms with E-state index >= 15 is 0 Å². The molecule has 0 radical (unpaired) electrons. The Kier molecular flexibility index (Phi) is 5.81. The van der Waals surface area contributed by atoms with E-state index in [1.807, 2.05) is 0 Å². The lowest BCUT2D eigenvalue weighted by molar-refractivity contribution is -0.133. The summed E-state index contributed by atoms with van der Waals surface area (Å²) in [5.41, 5.74) is -0.474. The van der Waals surface area contributed by atoms with Gasteiger partial charge in [0.15, 0.2) is 5.69 Å². The van der Waals surface area contributed by atoms with Crippen LogP contribution in [-0.2, 0) is 16.1 Å². The predicted octanol–water partition coefficient (Wildman–Crippen LogP) is 1.04. The maximum Gasteiger partial charge on any atom is 0.274 e. The smallest absolute Gasteiger partial charge is 0.274 e. The second-order valence-electron chi connectivity index (χ2n) is 8.78. The van der Waals surface area contributed by atoms with Gasteiger partial charge in [-0.05, 0) is 19.8 Å². The molecule has 1 aromatic heterocycles. The molecule has 2 aliphatic heterocycles. The number of carbonyl (C=O) groups is 3. The van der Waals surface area contributed by atoms with E-state index < -0.39 is 5.54 Å². The normalized spacial score (nSPS) is 25.6. The number of amides is 3. The predicted molar refractivity (Wildman–Crippen MR) is 109 cm³/mol. The highest BCUT2D eigenvalue weighted by Gasteiger charge is 2.47. The van der Waals surface area contributed by atoms with Gasteiger partial charge in [0.05, 0.1) is 19.8 Å². The van der Waals surface area contributed by atoms with Gasteiger partial charge < -0.3 is 19.9 Å². The first-order valence-corrected chi connectivity index (χ1v) is 10.9. The number of carbonyl (C=O) groups excluding carboxylic acids is 3. The van der Waals surface area contributed by atoms with Crippen LogP contribution >= 0.6 is 0 Å². The van der Waals surface area contributed by atoms with E-state index in [9.17, 15) is 14.4 Å². The average molecular weight is 418 g/mol. The van der Waals surface area contributed by atoms with Crippen molar-refractivity contribution in [2.24, 2.45) is 0 Å². The molecule has 3 amide bonds. The largest absolute Gasteiger partial charge is 0.378 e. The van der Waals surface area contributed by atoms with E-state index in [-0.39, 0.29) is 36.0 Å². The van der Waals surface area contributed by atoms with Gasteiger partial charge in [-0.1, -0.05) is 25.7 Å². The van der Waals surface area contributed by atoms with Crippen LogP contribution in [-0.4, -0.2) is 82.2 Å². The van der Waals surface area contributed by atoms with E-state index in [0.717, 1.165) is 25.7 Å². The zero-order valence-corrected chi connectivity index (χ0v) is 17.9. The molecule has 1 N–H and O–H groups in total. The van der Waals surface area contributed by atoms with Crippen LogP contribution in [0.25, 0.3) is 0 Å². The first-order valence-electron chi connectivity index (χ1n) is 10.9. The van der Waals surface area contributed by atoms with Crippen molar-refractivity contribution in [3.05, 3.63) is 17.5 Å². The van der Waals surface area contributed by atoms with Gasteiger partial charge in [0, 0.05) is 32.2 Å². The highest BCUT2D eigenvalue weighted by Crippen LogP contribution is 2.27. The summed E-state index contributed by atoms with van der Waals surface area (Å²) >= 11 is 0. The summed E-state index contributed by atoms with van der Waals surface area (Å²) in [5, 5.41) is 7.58. The van der Waals surface area contributed by atoms with Crippen LogP contribution in [0.2, 0.25) is 0 Å². The van der Waals surface area contributed by atoms with Crippen molar-refractivity contribution in [1.29, 1.82) is 0 Å². The molecule has 4 rings (SSSR count). The van der Waals surface area contributed by atoms with E-state index in [0.29, 0.717) is 32.0 Å². The van der Waals surface area contributed by atoms with Crippen LogP contribution in [0.3, 0.4) is 0 Å². The zero-order valence-electron chi connectivity index (χ0n) is 17.9. The number of likely N-dealkylation sites (N-methyl/N-ethyl adjacent to an activating group) is 1. The van der Waals surface area contributed by atoms with Crippen molar-refractivity contribution in [3.8, 4) is 0 Å². The van der Waals surface area contributed by atoms with E-state index in [4.69, 9.17) is 4.74 Å². The summed E-state index contributed by atoms with van der Waals surface area (Å²) in [7, 11) is 1.65. The highest BCUT2D eigenvalue weighted by atomic mass is 16.5. The summed E-state index contributed by atoms with van der Waals surface area (Å²) < 4.78 is 6.81. The lowest BCUT2D eigenvalue weighted by atomic mass is 9.95. The molecule has 0 spiro atoms. The molecule has 1 unspecified atom stereocenters. The number of nitrogens with one attached hydrogen (secondary N) is 1. The number of ether oxygens (including phenoxy) is 1. The van der Waals surface area contributed by atoms with Crippen molar-refractivity contribution in [2.45, 2.75) is 63.6 Å². The molecule has 30 heavy (non-hydrogen) atoms. The molecule has 0 aromatic carbocycles. The van der Waals surface area contributed by atoms with Crippen LogP contribution in [0.15, 0.2) is 6.07 Å². The third-order valence-electron chi connectivity index (χ3n) is 6.70. The minimum Gasteiger partial charge on any atom is -0.378 e. The van der Waals surface area contributed by atoms with Crippen molar-refractivity contribution in [1.82, 2.24) is 24.9 Å². The molecular formula is C21H31N5O4. The number of nitrogens with zero attached hydrogens (tertiary/aromatic N) is 4. The number of hydrogen-bond donors (Lipinski definition) is 1. The van der Waals surface area contributed by atoms with Gasteiger partial charge in [-0.25, -0.2) is 0 Å². The monoisotopic (exact) mass is 417 g/mol. The molecule has 1 saturated heterocycles. The maximum atomic E-state index is 13.2. The summed E-state index contributed by atoms with van der Waals surface area (Å²) in [6, 6.07) is 1.69. The Bertz CT molecular complexity index is 823. The van der Waals surface area contributed by atoms with Crippen LogP contribution in [0.1, 0.15) is 66.4 Å². The first kappa shape index (κ1) is 20.8. The molecule has 3 aliphatic rings. The Hall–Kier alpha value is -2.42. The molecule has 9 heteroatoms. The fourth-order valence-corrected chi connectivity index (χ4v) is 4.52. The molecule has 1 aliphatic carbocycles. The second kappa shape index (κ2) is 8.37. The Labute approximate surface area is 176 Å². The average Bonchev–Trinajstić information content (AvgIpc) is 3.00. The van der Waals surface area contributed by atoms with Crippen LogP contribution in [0, 0.1) is 0 Å². The third kappa shape index (κ3) is 3.82. The Morgan fingerprint density at radius 1 is 1.17 bits per heavy atom. The van der Waals surface area contributed by atoms with Gasteiger partial charge in [0.25, 0.3) is 11.8 Å². The summed E-state index contributed by atoms with van der Waals surface area (Å²) in [5.74, 6) is -0.666. The Balaban J connectivity index is 1.53. The number of fused-ring (bicyclic) bond motifs is 1. The van der Waals surface area contributed by atoms with Crippen molar-refractivity contribution < 1.29 is 19.1 Å². The third-order valence-corrected chi connectivity index (χ3v) is 6.70. The molecule has 164 valence electrons. The molecule has 0 bridgehead atoms. The summed E-state index contributed by atoms with van der Waals surface area (Å²) in [4.78, 5) is 42.2. The lowest BCUT2D eigenvalue weighted by Crippen LogP contribution is -2.63. The quantitative estimate of drug-likeness (QED) is 0.742. The maximum absolute atomic E-state index is 13.2. The second-order valence-corrected chi connectivity index (χ2v) is 8.78. The van der Waals surface area contributed by atoms with Gasteiger partial charge in [-0.3, -0.25) is 19.1 Å². The standard InChI is InChI=1S/C21H31N5O4/c1-21(20(29)22-15-7-5-3-4-6-8-15)14-26-17(19(28)24(21)2)13-16(23-26)18(27)25-9-11-30-12-10-25/h13,15H,3-12,14H2,1-2H3,(H,22,29). The summed E-state index contributed by atoms with van der Waals surface area (Å²) in [6.07, 6.45) is 6.60. The molecule has 1 saturated carbocycles. The Morgan fingerprint density at radius 3 is 2.50 bits per heavy atom. The number of aromatic nitrogens is 2. The highest BCUT2D eigenvalue weighted by molar-refractivity contribution is 6.01. The fraction of sp³-hybridized carbons (Fsp3) is 0.714. The molecule has 2 fully saturated rings. The SMILES string of the molecule is CN1C(=O)c2cc(C(=O)N3CCOCC3)nn2CC1(C)C(=O)NC1CCCCCC1. The zero-order chi connectivity index (χ0) is 21.3. The van der Waals surface area contributed by atoms with Crippen molar-refractivity contribution >= 4 is 17.7 Å². The van der Waals surface area contributed by atoms with Crippen molar-refractivity contribution in [2.75, 3.05) is 33.4 Å². The molecule has 9 nitrogen and oxygen atoms in total. The molecular weight excluding hydrogens is 386 g/mol. The number of morpholine rings is 1. The van der Waals surface area contributed by atoms with E-state index in [1.165, 1.54) is 22.4 Å². The van der Waals surface area contributed by atoms with Crippen molar-refractivity contribution in [3.63, 3.8) is 0 Å². The summed E-state index contributed by atoms with van der Waals surface area (Å²) in [6.45, 7) is 4.01. The minimum absolute atomic E-state index is 0.151. The van der Waals surface area contributed by atoms with E-state index in [1.54, 1.807) is 24.9 Å². The molecule has 3 heterocycles. The lowest BCUT2D eigenvalue weighted by Gasteiger charge is -2.41. The van der Waals surface area contributed by atoms with E-state index in [2.05, 4.69) is 10.4 Å². The molecule has 1 aromatic rings. The van der Waals surface area contributed by atoms with Gasteiger partial charge in [0.1, 0.15) is 11.2 Å². The van der Waals surface area contributed by atoms with Crippen LogP contribution < -0.4 is 5.32 Å². The fourth-order valence-electron chi connectivity index (χ4n) is 4.52. The van der Waals surface area contributed by atoms with Gasteiger partial charge in [0.2, 0.25) is 5.91 Å². The van der Waals surface area contributed by atoms with Gasteiger partial charge in [-0.15, -0.1) is 0 Å². The van der Waals surface area contributed by atoms with Crippen LogP contribution in [0.4, 0.5) is 0 Å².